The van der Waals surface area contributed by atoms with E-state index < -0.39 is 0 Å². The van der Waals surface area contributed by atoms with Gasteiger partial charge in [0.1, 0.15) is 0 Å². The van der Waals surface area contributed by atoms with Gasteiger partial charge in [-0.05, 0) is 48.6 Å². The number of aromatic nitrogens is 8. The van der Waals surface area contributed by atoms with Crippen molar-refractivity contribution in [2.75, 3.05) is 0 Å². The number of nitrogens with zero attached hydrogens (tertiary/aromatic N) is 8. The number of benzene rings is 12. The fourth-order valence-corrected chi connectivity index (χ4v) is 21.0. The number of fused-ring (bicyclic) bond motifs is 4. The average Bonchev–Trinajstić information content (AvgIpc) is 1.65. The Balaban J connectivity index is 0.000000186. The normalized spacial score (nSPS) is 12.0. The standard InChI is InChI=1S/2C21H24N2.2C19H20N2.4C10H6O2.4CH3.4Pd/c2*1-14-9-16(3)20(17(4)10-14)22-7-8-23(13-22)21-18(5)11-15(2)12-19(21)6;2*1-14-7-5-8-15(2)18(14)20-11-12-21(13-20)19-16(3)9-6-10-17(19)4;4*11-9-5-6-10(12)8-4-2-1-3-7(8)9;;;;;;;;/h2*7-12H,1-6H3;2*5-12H,1-4H3;4*1-6H;4*1H3;;;;/q;;;;;;;;4*-1;;;;. The first kappa shape index (κ1) is 114. The zero-order valence-electron chi connectivity index (χ0n) is 86.1. The SMILES string of the molecule is Cc1cc(C)c(-n2ccn(-c3c(C)cc(C)cc3C)[c]2=[Pd])c(C)c1.Cc1cc(C)c(-n2ccn(-c3c(C)cc(C)cc3C)[c]2=[Pd])c(C)c1.Cc1cccc(C)c1-n1ccn(-c2c(C)cccc2C)[c]1=[Pd].Cc1cccc(C)c1-n1ccn(-c2c(C)cccc2C)[c]1=[Pd].O=C1C=CC(=O)c2ccccc21.O=C1C=CC(=O)c2ccccc21.O=C1C=CC(=O)c2ccccc21.O=C1C=CC(=O)c2ccccc21.[CH3-].[CH3-].[CH3-].[CH3-]. The first-order chi connectivity index (χ1) is 66.7. The number of carbonyl (C=O) groups excluding carboxylic acids is 8. The summed E-state index contributed by atoms with van der Waals surface area (Å²) in [6.45, 7) is 43.3. The van der Waals surface area contributed by atoms with Crippen LogP contribution in [0, 0.1) is 184 Å². The summed E-state index contributed by atoms with van der Waals surface area (Å²) in [6.07, 6.45) is 27.6. The molecule has 0 fully saturated rings. The van der Waals surface area contributed by atoms with Crippen LogP contribution < -0.4 is 0 Å². The van der Waals surface area contributed by atoms with Gasteiger partial charge in [-0.15, -0.1) is 0 Å². The molecule has 0 radical (unpaired) electrons. The molecule has 0 saturated carbocycles. The number of hydrogen-bond donors (Lipinski definition) is 0. The monoisotopic (exact) mass is 2280 g/mol. The van der Waals surface area contributed by atoms with E-state index in [1.54, 1.807) is 97.1 Å². The Morgan fingerprint density at radius 1 is 0.153 bits per heavy atom. The number of imidazole rings is 4. The molecule has 16 nitrogen and oxygen atoms in total. The number of para-hydroxylation sites is 4. The molecule has 0 saturated heterocycles. The van der Waals surface area contributed by atoms with E-state index >= 15 is 0 Å². The second-order valence-corrected chi connectivity index (χ2v) is 38.3. The van der Waals surface area contributed by atoms with E-state index in [1.807, 2.05) is 0 Å². The number of ketones is 8. The minimum atomic E-state index is -0.0924. The molecule has 0 N–H and O–H groups in total. The van der Waals surface area contributed by atoms with Crippen molar-refractivity contribution in [3.8, 4) is 45.5 Å². The molecule has 0 spiro atoms. The second kappa shape index (κ2) is 50.1. The summed E-state index contributed by atoms with van der Waals surface area (Å²) in [6, 6.07) is 70.9. The molecule has 4 aromatic heterocycles. The van der Waals surface area contributed by atoms with Crippen LogP contribution in [0.3, 0.4) is 0 Å². The van der Waals surface area contributed by atoms with Crippen molar-refractivity contribution in [3.05, 3.63) is 518 Å². The van der Waals surface area contributed by atoms with E-state index in [1.165, 1.54) is 205 Å². The minimum Gasteiger partial charge on any atom is -0.358 e. The second-order valence-electron chi connectivity index (χ2n) is 35.5. The van der Waals surface area contributed by atoms with Crippen LogP contribution in [-0.2, 0) is 75.0 Å². The van der Waals surface area contributed by atoms with Gasteiger partial charge in [-0.3, -0.25) is 38.4 Å². The molecule has 12 aromatic carbocycles. The van der Waals surface area contributed by atoms with Gasteiger partial charge in [-0.1, -0.05) is 97.1 Å². The van der Waals surface area contributed by atoms with Crippen molar-refractivity contribution in [2.45, 2.75) is 138 Å². The molecule has 4 aliphatic carbocycles. The number of allylic oxidation sites excluding steroid dienone is 8. The molecule has 0 aliphatic heterocycles. The molecule has 0 bridgehead atoms. The van der Waals surface area contributed by atoms with Crippen molar-refractivity contribution in [3.63, 3.8) is 0 Å². The minimum absolute atomic E-state index is 0. The maximum Gasteiger partial charge on any atom is 0.186 e. The molecule has 20 rings (SSSR count). The van der Waals surface area contributed by atoms with Gasteiger partial charge in [0.25, 0.3) is 0 Å². The van der Waals surface area contributed by atoms with E-state index in [-0.39, 0.29) is 76.0 Å². The molecule has 4 heterocycles. The Labute approximate surface area is 890 Å². The largest absolute Gasteiger partial charge is 0.358 e. The van der Waals surface area contributed by atoms with Gasteiger partial charge in [0.2, 0.25) is 0 Å². The molecule has 20 heteroatoms. The Hall–Kier alpha value is -13.6. The molecule has 752 valence electrons. The summed E-state index contributed by atoms with van der Waals surface area (Å²) in [4.78, 5) is 89.5. The van der Waals surface area contributed by atoms with Gasteiger partial charge < -0.3 is 29.7 Å². The van der Waals surface area contributed by atoms with Gasteiger partial charge in [-0.2, -0.15) is 0 Å². The smallest absolute Gasteiger partial charge is 0.186 e. The third-order valence-corrected chi connectivity index (χ3v) is 27.5. The fraction of sp³-hybridized carbons (Fsp3) is 0.161. The van der Waals surface area contributed by atoms with Gasteiger partial charge in [0, 0.05) is 44.5 Å². The first-order valence-corrected chi connectivity index (χ1v) is 48.9. The molecule has 144 heavy (non-hydrogen) atoms. The number of hydrogen-bond acceptors (Lipinski definition) is 8. The van der Waals surface area contributed by atoms with Crippen molar-refractivity contribution < 1.29 is 113 Å². The van der Waals surface area contributed by atoms with E-state index in [9.17, 15) is 38.4 Å². The van der Waals surface area contributed by atoms with Crippen molar-refractivity contribution in [2.24, 2.45) is 0 Å². The van der Waals surface area contributed by atoms with Gasteiger partial charge in [0.05, 0.1) is 0 Å². The van der Waals surface area contributed by atoms with E-state index in [0.29, 0.717) is 44.5 Å². The maximum atomic E-state index is 11.2. The summed E-state index contributed by atoms with van der Waals surface area (Å²) in [5.74, 6) is -0.739. The van der Waals surface area contributed by atoms with E-state index in [4.69, 9.17) is 0 Å². The van der Waals surface area contributed by atoms with Crippen LogP contribution >= 0.6 is 0 Å². The molecule has 0 unspecified atom stereocenters. The van der Waals surface area contributed by atoms with Crippen LogP contribution in [0.2, 0.25) is 0 Å². The summed E-state index contributed by atoms with van der Waals surface area (Å²) in [5.41, 5.74) is 39.8. The van der Waals surface area contributed by atoms with Crippen LogP contribution in [0.1, 0.15) is 194 Å². The molecular formula is C124H124N8O8Pd4-4. The van der Waals surface area contributed by atoms with Crippen LogP contribution in [-0.4, -0.2) is 82.8 Å². The van der Waals surface area contributed by atoms with Crippen molar-refractivity contribution >= 4 is 46.3 Å². The fourth-order valence-electron chi connectivity index (χ4n) is 18.7. The van der Waals surface area contributed by atoms with Crippen LogP contribution in [0.15, 0.2) is 317 Å². The number of carbonyl (C=O) groups is 8. The summed E-state index contributed by atoms with van der Waals surface area (Å²) < 4.78 is 22.1. The predicted molar refractivity (Wildman–Crippen MR) is 571 cm³/mol. The first-order valence-electron chi connectivity index (χ1n) is 45.8. The molecule has 4 aliphatic rings. The molecular weight excluding hydrogens is 2160 g/mol. The molecule has 0 atom stereocenters. The summed E-state index contributed by atoms with van der Waals surface area (Å²) >= 11 is 13.9. The van der Waals surface area contributed by atoms with Gasteiger partial charge in [0.15, 0.2) is 46.3 Å². The Morgan fingerprint density at radius 2 is 0.257 bits per heavy atom. The number of aryl methyl sites for hydroxylation is 20. The maximum absolute atomic E-state index is 11.2. The Morgan fingerprint density at radius 3 is 0.368 bits per heavy atom. The van der Waals surface area contributed by atoms with Crippen molar-refractivity contribution in [1.29, 1.82) is 0 Å². The Kier molecular flexibility index (Phi) is 39.7. The topological polar surface area (TPSA) is 176 Å². The summed E-state index contributed by atoms with van der Waals surface area (Å²) in [7, 11) is 0. The third kappa shape index (κ3) is 25.4. The van der Waals surface area contributed by atoms with Crippen LogP contribution in [0.5, 0.6) is 0 Å². The van der Waals surface area contributed by atoms with Gasteiger partial charge in [-0.25, -0.2) is 0 Å². The van der Waals surface area contributed by atoms with Crippen LogP contribution in [0.4, 0.5) is 0 Å². The van der Waals surface area contributed by atoms with Crippen molar-refractivity contribution in [1.82, 2.24) is 36.5 Å². The molecule has 0 amide bonds. The van der Waals surface area contributed by atoms with E-state index in [0.717, 1.165) is 15.6 Å². The summed E-state index contributed by atoms with van der Waals surface area (Å²) in [5, 5.41) is 0. The zero-order valence-corrected chi connectivity index (χ0v) is 92.3. The van der Waals surface area contributed by atoms with E-state index in [2.05, 4.69) is 421 Å². The zero-order chi connectivity index (χ0) is 101. The Bertz CT molecular complexity index is 6840. The predicted octanol–water partition coefficient (Wildman–Crippen LogP) is 27.8. The molecule has 16 aromatic rings. The quantitative estimate of drug-likeness (QED) is 0.107. The van der Waals surface area contributed by atoms with Crippen LogP contribution in [0.25, 0.3) is 45.5 Å². The third-order valence-electron chi connectivity index (χ3n) is 24.5. The average molecular weight is 2280 g/mol. The van der Waals surface area contributed by atoms with Gasteiger partial charge >= 0.3 is 593 Å². The number of rotatable bonds is 8.